The Bertz CT molecular complexity index is 761. The lowest BCUT2D eigenvalue weighted by Gasteiger charge is -2.56. The first-order valence-electron chi connectivity index (χ1n) is 13.5. The molecule has 4 saturated carbocycles. The SMILES string of the molecule is C=NN(/C=C(\C)C#N)C[C@@H](O)C1CC[C@H]2C3CCC4CC(COCC)CCC4C3CCC12C. The minimum Gasteiger partial charge on any atom is -0.391 e. The lowest BCUT2D eigenvalue weighted by molar-refractivity contribution is -0.0890. The molecule has 4 rings (SSSR count). The van der Waals surface area contributed by atoms with Gasteiger partial charge in [-0.25, -0.2) is 0 Å². The predicted molar refractivity (Wildman–Crippen MR) is 132 cm³/mol. The summed E-state index contributed by atoms with van der Waals surface area (Å²) in [6.07, 6.45) is 13.2. The smallest absolute Gasteiger partial charge is 0.0960 e. The molecule has 0 heterocycles. The molecule has 0 aromatic carbocycles. The third-order valence-electron chi connectivity index (χ3n) is 10.2. The number of hydrogen-bond acceptors (Lipinski definition) is 5. The van der Waals surface area contributed by atoms with Crippen LogP contribution in [0.4, 0.5) is 0 Å². The van der Waals surface area contributed by atoms with Crippen molar-refractivity contribution in [3.8, 4) is 6.07 Å². The van der Waals surface area contributed by atoms with E-state index in [4.69, 9.17) is 10.00 Å². The van der Waals surface area contributed by atoms with E-state index < -0.39 is 6.10 Å². The molecule has 0 spiro atoms. The molecule has 33 heavy (non-hydrogen) atoms. The van der Waals surface area contributed by atoms with E-state index in [-0.39, 0.29) is 5.41 Å². The predicted octanol–water partition coefficient (Wildman–Crippen LogP) is 5.61. The largest absolute Gasteiger partial charge is 0.391 e. The summed E-state index contributed by atoms with van der Waals surface area (Å²) in [7, 11) is 0. The van der Waals surface area contributed by atoms with Crippen LogP contribution in [0.2, 0.25) is 0 Å². The molecule has 0 bridgehead atoms. The number of allylic oxidation sites excluding steroid dienone is 1. The second-order valence-electron chi connectivity index (χ2n) is 11.8. The first kappa shape index (κ1) is 24.7. The van der Waals surface area contributed by atoms with Crippen molar-refractivity contribution in [2.75, 3.05) is 19.8 Å². The molecule has 4 aliphatic rings. The normalized spacial score (nSPS) is 41.3. The molecular weight excluding hydrogens is 410 g/mol. The first-order valence-corrected chi connectivity index (χ1v) is 13.5. The fourth-order valence-electron chi connectivity index (χ4n) is 8.78. The molecule has 5 nitrogen and oxygen atoms in total. The van der Waals surface area contributed by atoms with Crippen LogP contribution in [0.5, 0.6) is 0 Å². The van der Waals surface area contributed by atoms with E-state index in [0.29, 0.717) is 18.0 Å². The Labute approximate surface area is 201 Å². The van der Waals surface area contributed by atoms with E-state index in [1.807, 2.05) is 0 Å². The molecule has 5 heteroatoms. The average molecular weight is 456 g/mol. The molecule has 0 saturated heterocycles. The van der Waals surface area contributed by atoms with Crippen LogP contribution in [0.15, 0.2) is 16.9 Å². The second kappa shape index (κ2) is 10.5. The summed E-state index contributed by atoms with van der Waals surface area (Å²) in [5, 5.41) is 26.0. The van der Waals surface area contributed by atoms with Gasteiger partial charge < -0.3 is 9.84 Å². The lowest BCUT2D eigenvalue weighted by atomic mass is 9.49. The van der Waals surface area contributed by atoms with Crippen LogP contribution in [0.3, 0.4) is 0 Å². The second-order valence-corrected chi connectivity index (χ2v) is 11.8. The van der Waals surface area contributed by atoms with Gasteiger partial charge in [-0.05, 0) is 118 Å². The van der Waals surface area contributed by atoms with Crippen LogP contribution < -0.4 is 0 Å². The van der Waals surface area contributed by atoms with Gasteiger partial charge in [-0.15, -0.1) is 0 Å². The Morgan fingerprint density at radius 1 is 1.21 bits per heavy atom. The van der Waals surface area contributed by atoms with Gasteiger partial charge in [0.15, 0.2) is 0 Å². The molecule has 184 valence electrons. The zero-order valence-electron chi connectivity index (χ0n) is 21.1. The molecule has 7 unspecified atom stereocenters. The third kappa shape index (κ3) is 4.89. The molecule has 4 fully saturated rings. The van der Waals surface area contributed by atoms with Gasteiger partial charge in [0, 0.05) is 31.7 Å². The number of aliphatic hydroxyl groups is 1. The zero-order valence-corrected chi connectivity index (χ0v) is 21.1. The van der Waals surface area contributed by atoms with Gasteiger partial charge in [0.05, 0.1) is 18.7 Å². The maximum absolute atomic E-state index is 11.3. The Balaban J connectivity index is 1.41. The van der Waals surface area contributed by atoms with Crippen LogP contribution in [0, 0.1) is 58.2 Å². The summed E-state index contributed by atoms with van der Waals surface area (Å²) in [6.45, 7) is 12.2. The number of nitrogens with zero attached hydrogens (tertiary/aromatic N) is 3. The van der Waals surface area contributed by atoms with Crippen molar-refractivity contribution < 1.29 is 9.84 Å². The highest BCUT2D eigenvalue weighted by atomic mass is 16.5. The third-order valence-corrected chi connectivity index (χ3v) is 10.2. The number of aliphatic hydroxyl groups excluding tert-OH is 1. The summed E-state index contributed by atoms with van der Waals surface area (Å²) < 4.78 is 5.77. The van der Waals surface area contributed by atoms with Gasteiger partial charge >= 0.3 is 0 Å². The maximum atomic E-state index is 11.3. The summed E-state index contributed by atoms with van der Waals surface area (Å²) in [5.74, 6) is 5.43. The van der Waals surface area contributed by atoms with Crippen molar-refractivity contribution in [2.24, 2.45) is 51.9 Å². The van der Waals surface area contributed by atoms with Crippen molar-refractivity contribution in [3.63, 3.8) is 0 Å². The average Bonchev–Trinajstić information content (AvgIpc) is 3.19. The quantitative estimate of drug-likeness (QED) is 0.293. The van der Waals surface area contributed by atoms with E-state index in [1.165, 1.54) is 51.4 Å². The van der Waals surface area contributed by atoms with Gasteiger partial charge in [0.2, 0.25) is 0 Å². The van der Waals surface area contributed by atoms with Gasteiger partial charge in [-0.2, -0.15) is 10.4 Å². The lowest BCUT2D eigenvalue weighted by Crippen LogP contribution is -2.50. The highest BCUT2D eigenvalue weighted by Crippen LogP contribution is 2.65. The van der Waals surface area contributed by atoms with Crippen LogP contribution in [0.25, 0.3) is 0 Å². The van der Waals surface area contributed by atoms with E-state index in [0.717, 1.165) is 55.1 Å². The molecule has 4 aliphatic carbocycles. The number of rotatable bonds is 8. The molecule has 0 amide bonds. The van der Waals surface area contributed by atoms with E-state index >= 15 is 0 Å². The van der Waals surface area contributed by atoms with E-state index in [2.05, 4.69) is 31.7 Å². The van der Waals surface area contributed by atoms with Crippen molar-refractivity contribution in [1.82, 2.24) is 5.01 Å². The zero-order chi connectivity index (χ0) is 23.6. The molecule has 0 radical (unpaired) electrons. The van der Waals surface area contributed by atoms with E-state index in [9.17, 15) is 5.11 Å². The monoisotopic (exact) mass is 455 g/mol. The van der Waals surface area contributed by atoms with Crippen molar-refractivity contribution in [3.05, 3.63) is 11.8 Å². The Hall–Kier alpha value is -1.38. The Kier molecular flexibility index (Phi) is 7.86. The molecular formula is C28H45N3O2. The number of ether oxygens (including phenoxy) is 1. The molecule has 9 atom stereocenters. The minimum absolute atomic E-state index is 0.223. The van der Waals surface area contributed by atoms with Crippen molar-refractivity contribution >= 4 is 6.72 Å². The molecule has 0 aliphatic heterocycles. The summed E-state index contributed by atoms with van der Waals surface area (Å²) in [6, 6.07) is 2.13. The van der Waals surface area contributed by atoms with Crippen LogP contribution in [-0.2, 0) is 4.74 Å². The molecule has 0 aromatic heterocycles. The maximum Gasteiger partial charge on any atom is 0.0960 e. The molecule has 1 N–H and O–H groups in total. The van der Waals surface area contributed by atoms with Gasteiger partial charge in [-0.3, -0.25) is 5.01 Å². The summed E-state index contributed by atoms with van der Waals surface area (Å²) >= 11 is 0. The number of hydrogen-bond donors (Lipinski definition) is 1. The number of nitriles is 1. The highest BCUT2D eigenvalue weighted by molar-refractivity contribution is 5.24. The van der Waals surface area contributed by atoms with Crippen LogP contribution >= 0.6 is 0 Å². The minimum atomic E-state index is -0.435. The number of fused-ring (bicyclic) bond motifs is 5. The van der Waals surface area contributed by atoms with E-state index in [1.54, 1.807) is 18.1 Å². The highest BCUT2D eigenvalue weighted by Gasteiger charge is 2.58. The summed E-state index contributed by atoms with van der Waals surface area (Å²) in [4.78, 5) is 0. The van der Waals surface area contributed by atoms with Gasteiger partial charge in [0.1, 0.15) is 0 Å². The van der Waals surface area contributed by atoms with Crippen LogP contribution in [0.1, 0.15) is 78.6 Å². The van der Waals surface area contributed by atoms with Gasteiger partial charge in [0.25, 0.3) is 0 Å². The van der Waals surface area contributed by atoms with Crippen LogP contribution in [-0.4, -0.2) is 42.7 Å². The molecule has 0 aromatic rings. The Morgan fingerprint density at radius 3 is 2.73 bits per heavy atom. The fraction of sp³-hybridized carbons (Fsp3) is 0.857. The first-order chi connectivity index (χ1) is 15.9. The topological polar surface area (TPSA) is 68.9 Å². The number of hydrazone groups is 1. The summed E-state index contributed by atoms with van der Waals surface area (Å²) in [5.41, 5.74) is 0.804. The van der Waals surface area contributed by atoms with Crippen molar-refractivity contribution in [2.45, 2.75) is 84.7 Å². The standard InChI is InChI=1S/C28H45N3O2/c1-5-33-18-20-6-8-22-21(14-20)7-9-24-23(22)12-13-28(3)25(24)10-11-26(28)27(32)17-31(30-4)16-19(2)15-29/h16,20-27,32H,4-14,17-18H2,1-3H3/b19-16+/t20?,21?,22?,23?,24?,25-,26?,27+,28?/m0/s1. The Morgan fingerprint density at radius 2 is 2.00 bits per heavy atom. The van der Waals surface area contributed by atoms with Gasteiger partial charge in [-0.1, -0.05) is 6.92 Å². The fourth-order valence-corrected chi connectivity index (χ4v) is 8.78. The van der Waals surface area contributed by atoms with Crippen molar-refractivity contribution in [1.29, 1.82) is 5.26 Å².